The highest BCUT2D eigenvalue weighted by molar-refractivity contribution is 5.99. The van der Waals surface area contributed by atoms with E-state index in [1.54, 1.807) is 12.2 Å². The monoisotopic (exact) mass is 178 g/mol. The van der Waals surface area contributed by atoms with Crippen molar-refractivity contribution in [3.8, 4) is 0 Å². The predicted molar refractivity (Wildman–Crippen MR) is 46.1 cm³/mol. The Hall–Kier alpha value is -1.38. The van der Waals surface area contributed by atoms with Crippen molar-refractivity contribution in [1.29, 1.82) is 0 Å². The van der Waals surface area contributed by atoms with Crippen molar-refractivity contribution in [2.45, 2.75) is 12.8 Å². The molecule has 0 spiro atoms. The number of fused-ring (bicyclic) bond motifs is 1. The molecule has 2 aliphatic carbocycles. The third kappa shape index (κ3) is 1.20. The Labute approximate surface area is 75.8 Å². The highest BCUT2D eigenvalue weighted by atomic mass is 16.3. The molecule has 3 nitrogen and oxygen atoms in total. The number of carbonyl (C=O) groups excluding carboxylic acids is 2. The van der Waals surface area contributed by atoms with Crippen molar-refractivity contribution in [1.82, 2.24) is 0 Å². The smallest absolute Gasteiger partial charge is 0.144 e. The molecule has 2 rings (SSSR count). The molecule has 0 aromatic carbocycles. The van der Waals surface area contributed by atoms with E-state index in [4.69, 9.17) is 0 Å². The van der Waals surface area contributed by atoms with Crippen LogP contribution in [0.4, 0.5) is 0 Å². The van der Waals surface area contributed by atoms with Gasteiger partial charge < -0.3 is 5.11 Å². The Morgan fingerprint density at radius 2 is 1.92 bits per heavy atom. The Balaban J connectivity index is 2.36. The lowest BCUT2D eigenvalue weighted by atomic mass is 9.74. The molecule has 2 aliphatic rings. The Morgan fingerprint density at radius 3 is 2.62 bits per heavy atom. The van der Waals surface area contributed by atoms with Gasteiger partial charge in [0.1, 0.15) is 17.3 Å². The zero-order valence-corrected chi connectivity index (χ0v) is 7.06. The second-order valence-electron chi connectivity index (χ2n) is 3.41. The summed E-state index contributed by atoms with van der Waals surface area (Å²) < 4.78 is 0. The molecule has 0 bridgehead atoms. The number of hydrogen-bond donors (Lipinski definition) is 1. The SMILES string of the molecule is O=C1CCC(=O)C2C(O)=CC=CC12. The third-order valence-corrected chi connectivity index (χ3v) is 2.60. The van der Waals surface area contributed by atoms with E-state index in [1.165, 1.54) is 6.08 Å². The Morgan fingerprint density at radius 1 is 1.23 bits per heavy atom. The summed E-state index contributed by atoms with van der Waals surface area (Å²) in [4.78, 5) is 22.8. The average Bonchev–Trinajstić information content (AvgIpc) is 2.12. The largest absolute Gasteiger partial charge is 0.512 e. The second kappa shape index (κ2) is 2.83. The van der Waals surface area contributed by atoms with Crippen molar-refractivity contribution >= 4 is 11.6 Å². The van der Waals surface area contributed by atoms with Crippen LogP contribution in [-0.2, 0) is 9.59 Å². The molecule has 0 heterocycles. The van der Waals surface area contributed by atoms with Crippen molar-refractivity contribution < 1.29 is 14.7 Å². The molecule has 1 N–H and O–H groups in total. The lowest BCUT2D eigenvalue weighted by molar-refractivity contribution is -0.135. The molecule has 1 saturated carbocycles. The van der Waals surface area contributed by atoms with Crippen LogP contribution in [0.3, 0.4) is 0 Å². The summed E-state index contributed by atoms with van der Waals surface area (Å²) in [6.45, 7) is 0. The van der Waals surface area contributed by atoms with Crippen LogP contribution in [0.15, 0.2) is 24.0 Å². The first-order valence-corrected chi connectivity index (χ1v) is 4.33. The van der Waals surface area contributed by atoms with E-state index >= 15 is 0 Å². The highest BCUT2D eigenvalue weighted by Gasteiger charge is 2.39. The summed E-state index contributed by atoms with van der Waals surface area (Å²) in [7, 11) is 0. The lowest BCUT2D eigenvalue weighted by Gasteiger charge is -2.28. The van der Waals surface area contributed by atoms with Gasteiger partial charge in [-0.3, -0.25) is 9.59 Å². The molecule has 1 fully saturated rings. The topological polar surface area (TPSA) is 54.4 Å². The Kier molecular flexibility index (Phi) is 1.79. The van der Waals surface area contributed by atoms with E-state index in [0.717, 1.165) is 0 Å². The molecule has 68 valence electrons. The fourth-order valence-corrected chi connectivity index (χ4v) is 1.90. The fraction of sp³-hybridized carbons (Fsp3) is 0.400. The number of aliphatic hydroxyl groups is 1. The van der Waals surface area contributed by atoms with Gasteiger partial charge in [-0.2, -0.15) is 0 Å². The van der Waals surface area contributed by atoms with Crippen LogP contribution in [0.1, 0.15) is 12.8 Å². The van der Waals surface area contributed by atoms with Gasteiger partial charge >= 0.3 is 0 Å². The number of Topliss-reactive ketones (excluding diaryl/α,β-unsaturated/α-hetero) is 2. The number of carbonyl (C=O) groups is 2. The molecule has 2 atom stereocenters. The molecule has 13 heavy (non-hydrogen) atoms. The third-order valence-electron chi connectivity index (χ3n) is 2.60. The zero-order chi connectivity index (χ0) is 9.42. The first kappa shape index (κ1) is 8.23. The van der Waals surface area contributed by atoms with Gasteiger partial charge in [0.25, 0.3) is 0 Å². The maximum atomic E-state index is 11.4. The molecule has 0 aliphatic heterocycles. The number of allylic oxidation sites excluding steroid dienone is 4. The van der Waals surface area contributed by atoms with Gasteiger partial charge in [-0.15, -0.1) is 0 Å². The number of aliphatic hydroxyl groups excluding tert-OH is 1. The summed E-state index contributed by atoms with van der Waals surface area (Å²) in [5.74, 6) is -0.939. The Bertz CT molecular complexity index is 325. The standard InChI is InChI=1S/C10H10O3/c11-7-4-5-9(13)10-6(7)2-1-3-8(10)12/h1-3,6,10,12H,4-5H2. The quantitative estimate of drug-likeness (QED) is 0.605. The summed E-state index contributed by atoms with van der Waals surface area (Å²) in [6.07, 6.45) is 5.40. The minimum Gasteiger partial charge on any atom is -0.512 e. The van der Waals surface area contributed by atoms with E-state index in [1.807, 2.05) is 0 Å². The first-order valence-electron chi connectivity index (χ1n) is 4.33. The van der Waals surface area contributed by atoms with Gasteiger partial charge in [-0.05, 0) is 6.08 Å². The lowest BCUT2D eigenvalue weighted by Crippen LogP contribution is -2.36. The summed E-state index contributed by atoms with van der Waals surface area (Å²) in [6, 6.07) is 0. The number of rotatable bonds is 0. The van der Waals surface area contributed by atoms with Gasteiger partial charge in [0.05, 0.1) is 11.8 Å². The predicted octanol–water partition coefficient (Wildman–Crippen LogP) is 1.16. The second-order valence-corrected chi connectivity index (χ2v) is 3.41. The first-order chi connectivity index (χ1) is 6.20. The molecule has 3 heteroatoms. The molecule has 0 saturated heterocycles. The van der Waals surface area contributed by atoms with Gasteiger partial charge in [-0.25, -0.2) is 0 Å². The average molecular weight is 178 g/mol. The number of hydrogen-bond acceptors (Lipinski definition) is 3. The van der Waals surface area contributed by atoms with Crippen molar-refractivity contribution in [3.63, 3.8) is 0 Å². The minimum absolute atomic E-state index is 0.0253. The van der Waals surface area contributed by atoms with Crippen molar-refractivity contribution in [2.24, 2.45) is 11.8 Å². The van der Waals surface area contributed by atoms with Gasteiger partial charge in [0.15, 0.2) is 0 Å². The van der Waals surface area contributed by atoms with Crippen LogP contribution < -0.4 is 0 Å². The maximum Gasteiger partial charge on any atom is 0.144 e. The maximum absolute atomic E-state index is 11.4. The van der Waals surface area contributed by atoms with Crippen LogP contribution in [0.25, 0.3) is 0 Å². The molecule has 0 radical (unpaired) electrons. The van der Waals surface area contributed by atoms with Crippen LogP contribution in [0, 0.1) is 11.8 Å². The molecule has 0 amide bonds. The normalized spacial score (nSPS) is 32.8. The minimum atomic E-state index is -0.591. The molecule has 0 aromatic rings. The van der Waals surface area contributed by atoms with Crippen LogP contribution >= 0.6 is 0 Å². The zero-order valence-electron chi connectivity index (χ0n) is 7.06. The van der Waals surface area contributed by atoms with Crippen molar-refractivity contribution in [3.05, 3.63) is 24.0 Å². The van der Waals surface area contributed by atoms with Crippen molar-refractivity contribution in [2.75, 3.05) is 0 Å². The van der Waals surface area contributed by atoms with Gasteiger partial charge in [0, 0.05) is 12.8 Å². The molecule has 0 aromatic heterocycles. The summed E-state index contributed by atoms with van der Waals surface area (Å²) in [5, 5.41) is 9.43. The van der Waals surface area contributed by atoms with E-state index < -0.39 is 11.8 Å². The van der Waals surface area contributed by atoms with Crippen LogP contribution in [-0.4, -0.2) is 16.7 Å². The van der Waals surface area contributed by atoms with Crippen LogP contribution in [0.5, 0.6) is 0 Å². The van der Waals surface area contributed by atoms with E-state index in [2.05, 4.69) is 0 Å². The summed E-state index contributed by atoms with van der Waals surface area (Å²) >= 11 is 0. The van der Waals surface area contributed by atoms with E-state index in [-0.39, 0.29) is 23.7 Å². The molecule has 2 unspecified atom stereocenters. The number of ketones is 2. The van der Waals surface area contributed by atoms with Gasteiger partial charge in [-0.1, -0.05) is 12.2 Å². The highest BCUT2D eigenvalue weighted by Crippen LogP contribution is 2.32. The van der Waals surface area contributed by atoms with Crippen LogP contribution in [0.2, 0.25) is 0 Å². The molecular weight excluding hydrogens is 168 g/mol. The fourth-order valence-electron chi connectivity index (χ4n) is 1.90. The van der Waals surface area contributed by atoms with E-state index in [0.29, 0.717) is 6.42 Å². The summed E-state index contributed by atoms with van der Waals surface area (Å²) in [5.41, 5.74) is 0. The molecular formula is C10H10O3. The van der Waals surface area contributed by atoms with Gasteiger partial charge in [0.2, 0.25) is 0 Å². The van der Waals surface area contributed by atoms with E-state index in [9.17, 15) is 14.7 Å².